The Morgan fingerprint density at radius 1 is 1.10 bits per heavy atom. The van der Waals surface area contributed by atoms with Gasteiger partial charge in [0.2, 0.25) is 10.0 Å². The number of aromatic nitrogens is 2. The molecule has 1 saturated heterocycles. The Morgan fingerprint density at radius 2 is 1.93 bits per heavy atom. The third-order valence-electron chi connectivity index (χ3n) is 4.72. The van der Waals surface area contributed by atoms with Crippen molar-refractivity contribution in [1.29, 1.82) is 0 Å². The van der Waals surface area contributed by atoms with Gasteiger partial charge in [0.15, 0.2) is 0 Å². The van der Waals surface area contributed by atoms with Crippen LogP contribution >= 0.6 is 22.7 Å². The van der Waals surface area contributed by atoms with Crippen molar-refractivity contribution in [2.75, 3.05) is 43.4 Å². The van der Waals surface area contributed by atoms with E-state index in [1.165, 1.54) is 15.6 Å². The number of anilines is 1. The molecular formula is C19H21N5O3S3. The van der Waals surface area contributed by atoms with Crippen molar-refractivity contribution in [3.63, 3.8) is 0 Å². The first-order valence-corrected chi connectivity index (χ1v) is 12.8. The summed E-state index contributed by atoms with van der Waals surface area (Å²) < 4.78 is 26.8. The smallest absolute Gasteiger partial charge is 0.270 e. The van der Waals surface area contributed by atoms with Gasteiger partial charge >= 0.3 is 0 Å². The second kappa shape index (κ2) is 9.21. The van der Waals surface area contributed by atoms with E-state index in [2.05, 4.69) is 20.2 Å². The molecule has 0 spiro atoms. The van der Waals surface area contributed by atoms with Crippen molar-refractivity contribution >= 4 is 44.4 Å². The SMILES string of the molecule is O=C(NCCS(=O)(=O)N1CCN(c2ccccn2)CC1)c1csc(-c2cccs2)n1. The number of amides is 1. The summed E-state index contributed by atoms with van der Waals surface area (Å²) >= 11 is 2.96. The van der Waals surface area contributed by atoms with Crippen LogP contribution in [-0.2, 0) is 10.0 Å². The number of nitrogens with one attached hydrogen (secondary N) is 1. The zero-order valence-corrected chi connectivity index (χ0v) is 18.5. The third kappa shape index (κ3) is 4.86. The summed E-state index contributed by atoms with van der Waals surface area (Å²) in [7, 11) is -3.44. The highest BCUT2D eigenvalue weighted by Gasteiger charge is 2.27. The average Bonchev–Trinajstić information content (AvgIpc) is 3.46. The van der Waals surface area contributed by atoms with Gasteiger partial charge in [0, 0.05) is 44.3 Å². The molecule has 1 fully saturated rings. The predicted octanol–water partition coefficient (Wildman–Crippen LogP) is 2.15. The molecule has 3 aromatic rings. The molecule has 11 heteroatoms. The number of rotatable bonds is 7. The largest absolute Gasteiger partial charge is 0.354 e. The fourth-order valence-corrected chi connectivity index (χ4v) is 6.09. The molecule has 0 aliphatic carbocycles. The highest BCUT2D eigenvalue weighted by molar-refractivity contribution is 7.89. The van der Waals surface area contributed by atoms with E-state index in [1.54, 1.807) is 22.9 Å². The zero-order valence-electron chi connectivity index (χ0n) is 16.1. The molecule has 8 nitrogen and oxygen atoms in total. The van der Waals surface area contributed by atoms with E-state index in [0.29, 0.717) is 31.9 Å². The Balaban J connectivity index is 1.26. The van der Waals surface area contributed by atoms with E-state index in [4.69, 9.17) is 0 Å². The standard InChI is InChI=1S/C19H21N5O3S3/c25-18(15-14-29-19(22-15)16-4-3-12-28-16)21-7-13-30(26,27)24-10-8-23(9-11-24)17-5-1-2-6-20-17/h1-6,12,14H,7-11,13H2,(H,21,25). The van der Waals surface area contributed by atoms with Crippen LogP contribution in [0.25, 0.3) is 9.88 Å². The van der Waals surface area contributed by atoms with Gasteiger partial charge in [0.25, 0.3) is 5.91 Å². The zero-order chi connectivity index (χ0) is 21.0. The van der Waals surface area contributed by atoms with Crippen molar-refractivity contribution in [3.8, 4) is 9.88 Å². The number of hydrogen-bond acceptors (Lipinski definition) is 8. The fraction of sp³-hybridized carbons (Fsp3) is 0.316. The van der Waals surface area contributed by atoms with E-state index in [9.17, 15) is 13.2 Å². The van der Waals surface area contributed by atoms with E-state index in [0.717, 1.165) is 15.7 Å². The number of thiazole rings is 1. The van der Waals surface area contributed by atoms with E-state index < -0.39 is 10.0 Å². The summed E-state index contributed by atoms with van der Waals surface area (Å²) in [6.45, 7) is 2.04. The molecule has 0 unspecified atom stereocenters. The molecule has 0 bridgehead atoms. The molecule has 1 amide bonds. The number of nitrogens with zero attached hydrogens (tertiary/aromatic N) is 4. The van der Waals surface area contributed by atoms with Crippen LogP contribution in [0.4, 0.5) is 5.82 Å². The lowest BCUT2D eigenvalue weighted by atomic mass is 10.3. The van der Waals surface area contributed by atoms with Crippen LogP contribution in [0.3, 0.4) is 0 Å². The highest BCUT2D eigenvalue weighted by atomic mass is 32.2. The highest BCUT2D eigenvalue weighted by Crippen LogP contribution is 2.27. The molecule has 1 aliphatic rings. The van der Waals surface area contributed by atoms with Crippen LogP contribution < -0.4 is 10.2 Å². The van der Waals surface area contributed by atoms with Gasteiger partial charge in [-0.05, 0) is 23.6 Å². The normalized spacial score (nSPS) is 15.3. The van der Waals surface area contributed by atoms with E-state index in [-0.39, 0.29) is 18.2 Å². The van der Waals surface area contributed by atoms with Crippen molar-refractivity contribution in [3.05, 3.63) is 53.0 Å². The summed E-state index contributed by atoms with van der Waals surface area (Å²) in [6.07, 6.45) is 1.73. The second-order valence-corrected chi connectivity index (χ2v) is 10.6. The van der Waals surface area contributed by atoms with E-state index in [1.807, 2.05) is 35.7 Å². The van der Waals surface area contributed by atoms with Crippen molar-refractivity contribution in [2.24, 2.45) is 0 Å². The number of hydrogen-bond donors (Lipinski definition) is 1. The van der Waals surface area contributed by atoms with Crippen molar-refractivity contribution in [1.82, 2.24) is 19.6 Å². The summed E-state index contributed by atoms with van der Waals surface area (Å²) in [5.41, 5.74) is 0.310. The minimum atomic E-state index is -3.44. The minimum Gasteiger partial charge on any atom is -0.354 e. The maximum Gasteiger partial charge on any atom is 0.270 e. The Kier molecular flexibility index (Phi) is 6.42. The Morgan fingerprint density at radius 3 is 2.63 bits per heavy atom. The molecule has 30 heavy (non-hydrogen) atoms. The maximum absolute atomic E-state index is 12.6. The van der Waals surface area contributed by atoms with Gasteiger partial charge in [-0.3, -0.25) is 4.79 Å². The lowest BCUT2D eigenvalue weighted by Gasteiger charge is -2.34. The molecule has 4 rings (SSSR count). The third-order valence-corrected chi connectivity index (χ3v) is 8.47. The summed E-state index contributed by atoms with van der Waals surface area (Å²) in [6, 6.07) is 9.57. The molecule has 4 heterocycles. The van der Waals surface area contributed by atoms with Gasteiger partial charge < -0.3 is 10.2 Å². The molecule has 0 aromatic carbocycles. The van der Waals surface area contributed by atoms with Gasteiger partial charge in [-0.1, -0.05) is 12.1 Å². The van der Waals surface area contributed by atoms with Crippen molar-refractivity contribution < 1.29 is 13.2 Å². The molecule has 0 radical (unpaired) electrons. The summed E-state index contributed by atoms with van der Waals surface area (Å²) in [4.78, 5) is 24.0. The Hall–Kier alpha value is -2.34. The first-order valence-electron chi connectivity index (χ1n) is 9.44. The van der Waals surface area contributed by atoms with Gasteiger partial charge in [0.05, 0.1) is 10.6 Å². The molecule has 0 saturated carbocycles. The lowest BCUT2D eigenvalue weighted by molar-refractivity contribution is 0.0952. The van der Waals surface area contributed by atoms with Crippen LogP contribution in [-0.4, -0.2) is 67.1 Å². The number of pyridine rings is 1. The molecule has 1 aliphatic heterocycles. The fourth-order valence-electron chi connectivity index (χ4n) is 3.14. The quantitative estimate of drug-likeness (QED) is 0.577. The Bertz CT molecular complexity index is 1080. The molecular weight excluding hydrogens is 442 g/mol. The number of thiophene rings is 1. The summed E-state index contributed by atoms with van der Waals surface area (Å²) in [5, 5.41) is 7.10. The molecule has 1 N–H and O–H groups in total. The number of carbonyl (C=O) groups is 1. The maximum atomic E-state index is 12.6. The van der Waals surface area contributed by atoms with Gasteiger partial charge in [-0.2, -0.15) is 4.31 Å². The van der Waals surface area contributed by atoms with Gasteiger partial charge in [-0.25, -0.2) is 18.4 Å². The van der Waals surface area contributed by atoms with Crippen LogP contribution in [0.1, 0.15) is 10.5 Å². The van der Waals surface area contributed by atoms with Crippen LogP contribution in [0.15, 0.2) is 47.3 Å². The number of carbonyl (C=O) groups excluding carboxylic acids is 1. The van der Waals surface area contributed by atoms with Crippen LogP contribution in [0, 0.1) is 0 Å². The van der Waals surface area contributed by atoms with Crippen LogP contribution in [0.5, 0.6) is 0 Å². The van der Waals surface area contributed by atoms with Gasteiger partial charge in [-0.15, -0.1) is 22.7 Å². The average molecular weight is 464 g/mol. The topological polar surface area (TPSA) is 95.5 Å². The monoisotopic (exact) mass is 463 g/mol. The lowest BCUT2D eigenvalue weighted by Crippen LogP contribution is -2.50. The Labute approximate surface area is 183 Å². The first kappa shape index (κ1) is 20.9. The summed E-state index contributed by atoms with van der Waals surface area (Å²) in [5.74, 6) is 0.362. The minimum absolute atomic E-state index is 0.0491. The van der Waals surface area contributed by atoms with E-state index >= 15 is 0 Å². The predicted molar refractivity (Wildman–Crippen MR) is 120 cm³/mol. The molecule has 158 valence electrons. The number of piperazine rings is 1. The number of sulfonamides is 1. The first-order chi connectivity index (χ1) is 14.5. The molecule has 0 atom stereocenters. The molecule has 3 aromatic heterocycles. The van der Waals surface area contributed by atoms with Gasteiger partial charge in [0.1, 0.15) is 16.5 Å². The second-order valence-electron chi connectivity index (χ2n) is 6.66. The van der Waals surface area contributed by atoms with Crippen LogP contribution in [0.2, 0.25) is 0 Å². The van der Waals surface area contributed by atoms with Crippen molar-refractivity contribution in [2.45, 2.75) is 0 Å².